The number of halogens is 1. The van der Waals surface area contributed by atoms with Gasteiger partial charge in [0, 0.05) is 6.26 Å². The average Bonchev–Trinajstić information content (AvgIpc) is 2.70. The molecule has 0 aromatic heterocycles. The maximum absolute atomic E-state index is 13.1. The number of hydrogen-bond donors (Lipinski definition) is 1. The van der Waals surface area contributed by atoms with E-state index >= 15 is 0 Å². The molecule has 2 rings (SSSR count). The predicted octanol–water partition coefficient (Wildman–Crippen LogP) is 3.17. The summed E-state index contributed by atoms with van der Waals surface area (Å²) in [5, 5.41) is 3.03. The lowest BCUT2D eigenvalue weighted by molar-refractivity contribution is -0.122. The van der Waals surface area contributed by atoms with Crippen LogP contribution < -0.4 is 14.4 Å². The van der Waals surface area contributed by atoms with E-state index < -0.39 is 37.9 Å². The molecule has 1 amide bonds. The van der Waals surface area contributed by atoms with E-state index in [-0.39, 0.29) is 22.0 Å². The van der Waals surface area contributed by atoms with Gasteiger partial charge in [-0.3, -0.25) is 9.10 Å². The van der Waals surface area contributed by atoms with Gasteiger partial charge in [0.05, 0.1) is 35.0 Å². The standard InChI is InChI=1S/C21H27ClN2O6S2/c1-6-19(24(32(5,28)29)16-9-12-20(30-3)18(22)13-16)21(25)23-14(2)15-7-10-17(11-8-15)31(4,26)27/h7-14,19H,6H2,1-5H3,(H,23,25)/t14-,19-/m1/s1. The van der Waals surface area contributed by atoms with Crippen LogP contribution in [0.3, 0.4) is 0 Å². The summed E-state index contributed by atoms with van der Waals surface area (Å²) in [6.07, 6.45) is 2.35. The Labute approximate surface area is 194 Å². The molecule has 32 heavy (non-hydrogen) atoms. The van der Waals surface area contributed by atoms with Gasteiger partial charge in [-0.25, -0.2) is 16.8 Å². The minimum Gasteiger partial charge on any atom is -0.495 e. The second-order valence-corrected chi connectivity index (χ2v) is 11.7. The summed E-state index contributed by atoms with van der Waals surface area (Å²) >= 11 is 6.17. The molecule has 0 fully saturated rings. The number of sulfone groups is 1. The number of methoxy groups -OCH3 is 1. The third-order valence-electron chi connectivity index (χ3n) is 4.89. The summed E-state index contributed by atoms with van der Waals surface area (Å²) in [7, 11) is -5.71. The van der Waals surface area contributed by atoms with Crippen molar-refractivity contribution in [3.05, 3.63) is 53.1 Å². The summed E-state index contributed by atoms with van der Waals surface area (Å²) in [6.45, 7) is 3.44. The first-order chi connectivity index (χ1) is 14.8. The molecule has 0 saturated carbocycles. The number of amides is 1. The highest BCUT2D eigenvalue weighted by Gasteiger charge is 2.32. The van der Waals surface area contributed by atoms with Crippen LogP contribution in [-0.2, 0) is 24.7 Å². The zero-order valence-corrected chi connectivity index (χ0v) is 20.9. The molecule has 2 aromatic rings. The van der Waals surface area contributed by atoms with Crippen LogP contribution in [0.4, 0.5) is 5.69 Å². The van der Waals surface area contributed by atoms with E-state index in [4.69, 9.17) is 16.3 Å². The largest absolute Gasteiger partial charge is 0.495 e. The molecule has 0 heterocycles. The fourth-order valence-corrected chi connectivity index (χ4v) is 5.34. The van der Waals surface area contributed by atoms with Gasteiger partial charge in [0.15, 0.2) is 9.84 Å². The van der Waals surface area contributed by atoms with Gasteiger partial charge in [-0.15, -0.1) is 0 Å². The number of ether oxygens (including phenoxy) is 1. The molecule has 1 N–H and O–H groups in total. The van der Waals surface area contributed by atoms with Crippen LogP contribution in [-0.4, -0.2) is 48.4 Å². The molecular formula is C21H27ClN2O6S2. The van der Waals surface area contributed by atoms with Gasteiger partial charge >= 0.3 is 0 Å². The molecule has 0 unspecified atom stereocenters. The lowest BCUT2D eigenvalue weighted by atomic mass is 10.1. The van der Waals surface area contributed by atoms with Crippen molar-refractivity contribution in [2.24, 2.45) is 0 Å². The van der Waals surface area contributed by atoms with Crippen LogP contribution in [0.1, 0.15) is 31.9 Å². The molecule has 0 spiro atoms. The van der Waals surface area contributed by atoms with E-state index in [0.717, 1.165) is 16.8 Å². The van der Waals surface area contributed by atoms with E-state index in [2.05, 4.69) is 5.32 Å². The predicted molar refractivity (Wildman–Crippen MR) is 126 cm³/mol. The molecule has 0 saturated heterocycles. The normalized spacial score (nSPS) is 13.8. The van der Waals surface area contributed by atoms with Crippen LogP contribution >= 0.6 is 11.6 Å². The second-order valence-electron chi connectivity index (χ2n) is 7.37. The van der Waals surface area contributed by atoms with Crippen molar-refractivity contribution in [2.75, 3.05) is 23.9 Å². The third kappa shape index (κ3) is 6.14. The molecule has 8 nitrogen and oxygen atoms in total. The summed E-state index contributed by atoms with van der Waals surface area (Å²) in [5.74, 6) is -0.114. The highest BCUT2D eigenvalue weighted by atomic mass is 35.5. The Balaban J connectivity index is 2.32. The Kier molecular flexibility index (Phi) is 8.19. The Bertz CT molecular complexity index is 1180. The van der Waals surface area contributed by atoms with Crippen LogP contribution in [0.15, 0.2) is 47.4 Å². The Hall–Kier alpha value is -2.30. The molecule has 0 radical (unpaired) electrons. The van der Waals surface area contributed by atoms with Crippen LogP contribution in [0.2, 0.25) is 5.02 Å². The van der Waals surface area contributed by atoms with E-state index in [1.165, 1.54) is 37.4 Å². The van der Waals surface area contributed by atoms with E-state index in [0.29, 0.717) is 11.3 Å². The van der Waals surface area contributed by atoms with Crippen molar-refractivity contribution in [2.45, 2.75) is 37.2 Å². The fourth-order valence-electron chi connectivity index (χ4n) is 3.25. The lowest BCUT2D eigenvalue weighted by Crippen LogP contribution is -2.49. The average molecular weight is 503 g/mol. The monoisotopic (exact) mass is 502 g/mol. The van der Waals surface area contributed by atoms with Gasteiger partial charge in [0.1, 0.15) is 11.8 Å². The quantitative estimate of drug-likeness (QED) is 0.564. The number of carbonyl (C=O) groups excluding carboxylic acids is 1. The summed E-state index contributed by atoms with van der Waals surface area (Å²) in [4.78, 5) is 13.3. The first-order valence-corrected chi connectivity index (χ1v) is 13.8. The topological polar surface area (TPSA) is 110 Å². The van der Waals surface area contributed by atoms with Gasteiger partial charge in [0.2, 0.25) is 15.9 Å². The van der Waals surface area contributed by atoms with Crippen molar-refractivity contribution in [3.8, 4) is 5.75 Å². The molecule has 176 valence electrons. The smallest absolute Gasteiger partial charge is 0.244 e. The van der Waals surface area contributed by atoms with Crippen molar-refractivity contribution in [1.29, 1.82) is 0 Å². The van der Waals surface area contributed by atoms with Crippen LogP contribution in [0, 0.1) is 0 Å². The number of carbonyl (C=O) groups is 1. The summed E-state index contributed by atoms with van der Waals surface area (Å²) < 4.78 is 54.6. The number of nitrogens with zero attached hydrogens (tertiary/aromatic N) is 1. The number of hydrogen-bond acceptors (Lipinski definition) is 6. The first-order valence-electron chi connectivity index (χ1n) is 9.73. The van der Waals surface area contributed by atoms with Crippen LogP contribution in [0.5, 0.6) is 5.75 Å². The van der Waals surface area contributed by atoms with E-state index in [1.54, 1.807) is 26.0 Å². The number of anilines is 1. The number of nitrogens with one attached hydrogen (secondary N) is 1. The minimum absolute atomic E-state index is 0.172. The molecule has 0 aliphatic rings. The zero-order valence-electron chi connectivity index (χ0n) is 18.5. The zero-order chi connectivity index (χ0) is 24.3. The SMILES string of the molecule is CC[C@H](C(=O)N[C@H](C)c1ccc(S(C)(=O)=O)cc1)N(c1ccc(OC)c(Cl)c1)S(C)(=O)=O. The third-order valence-corrected chi connectivity index (χ3v) is 7.49. The highest BCUT2D eigenvalue weighted by molar-refractivity contribution is 7.92. The molecule has 2 aromatic carbocycles. The Morgan fingerprint density at radius 2 is 1.69 bits per heavy atom. The maximum Gasteiger partial charge on any atom is 0.244 e. The van der Waals surface area contributed by atoms with Gasteiger partial charge in [-0.2, -0.15) is 0 Å². The summed E-state index contributed by atoms with van der Waals surface area (Å²) in [6, 6.07) is 9.14. The number of rotatable bonds is 9. The molecular weight excluding hydrogens is 476 g/mol. The fraction of sp³-hybridized carbons (Fsp3) is 0.381. The summed E-state index contributed by atoms with van der Waals surface area (Å²) in [5.41, 5.74) is 0.921. The molecule has 0 aliphatic carbocycles. The highest BCUT2D eigenvalue weighted by Crippen LogP contribution is 2.32. The maximum atomic E-state index is 13.1. The first kappa shape index (κ1) is 26.0. The van der Waals surface area contributed by atoms with Crippen molar-refractivity contribution in [1.82, 2.24) is 5.32 Å². The second kappa shape index (κ2) is 10.1. The van der Waals surface area contributed by atoms with Gasteiger partial charge in [-0.1, -0.05) is 30.7 Å². The number of benzene rings is 2. The van der Waals surface area contributed by atoms with Crippen molar-refractivity contribution in [3.63, 3.8) is 0 Å². The van der Waals surface area contributed by atoms with Gasteiger partial charge in [-0.05, 0) is 49.2 Å². The van der Waals surface area contributed by atoms with E-state index in [1.807, 2.05) is 0 Å². The molecule has 0 bridgehead atoms. The van der Waals surface area contributed by atoms with Crippen molar-refractivity contribution >= 4 is 43.1 Å². The van der Waals surface area contributed by atoms with Gasteiger partial charge < -0.3 is 10.1 Å². The lowest BCUT2D eigenvalue weighted by Gasteiger charge is -2.31. The Morgan fingerprint density at radius 3 is 2.12 bits per heavy atom. The van der Waals surface area contributed by atoms with Gasteiger partial charge in [0.25, 0.3) is 0 Å². The molecule has 0 aliphatic heterocycles. The van der Waals surface area contributed by atoms with Crippen LogP contribution in [0.25, 0.3) is 0 Å². The number of sulfonamides is 1. The Morgan fingerprint density at radius 1 is 1.09 bits per heavy atom. The van der Waals surface area contributed by atoms with Crippen molar-refractivity contribution < 1.29 is 26.4 Å². The van der Waals surface area contributed by atoms with E-state index in [9.17, 15) is 21.6 Å². The minimum atomic E-state index is -3.83. The molecule has 2 atom stereocenters. The molecule has 11 heteroatoms.